The molecule has 4 rings (SSSR count). The Labute approximate surface area is 242 Å². The van der Waals surface area contributed by atoms with Crippen LogP contribution in [0.15, 0.2) is 53.0 Å². The summed E-state index contributed by atoms with van der Waals surface area (Å²) in [6.45, 7) is -1.99. The summed E-state index contributed by atoms with van der Waals surface area (Å²) in [6, 6.07) is 5.38. The number of benzene rings is 1. The van der Waals surface area contributed by atoms with Crippen molar-refractivity contribution in [2.45, 2.75) is 66.6 Å². The number of phenolic OH excluding ortho intramolecular Hbond substituents is 1. The van der Waals surface area contributed by atoms with E-state index in [1.165, 1.54) is 30.3 Å². The Hall–Kier alpha value is -3.26. The summed E-state index contributed by atoms with van der Waals surface area (Å²) in [7, 11) is 0. The van der Waals surface area contributed by atoms with E-state index >= 15 is 0 Å². The molecule has 2 heterocycles. The van der Waals surface area contributed by atoms with Crippen LogP contribution in [-0.2, 0) is 19.1 Å². The number of Topliss-reactive ketones (excluding diaryl/α,β-unsaturated/α-hetero) is 2. The number of carbonyl (C=O) groups excluding carboxylic acids is 2. The third-order valence-electron chi connectivity index (χ3n) is 7.72. The number of allylic oxidation sites excluding steroid dienone is 2. The number of aliphatic hydroxyl groups is 11. The van der Waals surface area contributed by atoms with Gasteiger partial charge in [-0.3, -0.25) is 9.59 Å². The van der Waals surface area contributed by atoms with Crippen LogP contribution in [0.5, 0.6) is 5.75 Å². The maximum absolute atomic E-state index is 13.9. The van der Waals surface area contributed by atoms with Crippen molar-refractivity contribution in [1.82, 2.24) is 0 Å². The highest BCUT2D eigenvalue weighted by molar-refractivity contribution is 6.28. The molecule has 0 spiro atoms. The molecule has 2 saturated heterocycles. The fraction of sp³-hybridized carbons (Fsp3) is 0.481. The zero-order valence-electron chi connectivity index (χ0n) is 22.2. The Balaban J connectivity index is 1.92. The summed E-state index contributed by atoms with van der Waals surface area (Å²) >= 11 is 0. The number of aliphatic hydroxyl groups excluding tert-OH is 10. The normalized spacial score (nSPS) is 40.3. The predicted octanol–water partition coefficient (Wildman–Crippen LogP) is -4.40. The molecule has 1 aliphatic carbocycles. The molecule has 11 atom stereocenters. The molecule has 0 saturated carbocycles. The number of ether oxygens (including phenoxy) is 2. The topological polar surface area (TPSA) is 295 Å². The molecular formula is C27H32O16. The highest BCUT2D eigenvalue weighted by Gasteiger charge is 2.65. The fourth-order valence-corrected chi connectivity index (χ4v) is 5.24. The van der Waals surface area contributed by atoms with E-state index in [4.69, 9.17) is 9.47 Å². The van der Waals surface area contributed by atoms with E-state index in [2.05, 4.69) is 0 Å². The molecule has 0 amide bonds. The molecule has 16 heteroatoms. The van der Waals surface area contributed by atoms with Crippen LogP contribution in [0, 0.1) is 0 Å². The van der Waals surface area contributed by atoms with Gasteiger partial charge in [0.2, 0.25) is 17.2 Å². The molecule has 43 heavy (non-hydrogen) atoms. The number of aromatic hydroxyl groups is 1. The summed E-state index contributed by atoms with van der Waals surface area (Å²) in [5.74, 6) is -6.12. The van der Waals surface area contributed by atoms with E-state index in [-0.39, 0.29) is 5.75 Å². The van der Waals surface area contributed by atoms with Crippen LogP contribution in [-0.4, -0.2) is 153 Å². The van der Waals surface area contributed by atoms with Crippen LogP contribution in [0.3, 0.4) is 0 Å². The van der Waals surface area contributed by atoms with Crippen LogP contribution in [0.25, 0.3) is 6.08 Å². The van der Waals surface area contributed by atoms with Crippen molar-refractivity contribution in [3.63, 3.8) is 0 Å². The van der Waals surface area contributed by atoms with Gasteiger partial charge in [-0.1, -0.05) is 18.2 Å². The zero-order valence-corrected chi connectivity index (χ0v) is 22.2. The van der Waals surface area contributed by atoms with Gasteiger partial charge in [-0.15, -0.1) is 0 Å². The zero-order chi connectivity index (χ0) is 32.0. The minimum absolute atomic E-state index is 0.0879. The number of phenols is 1. The van der Waals surface area contributed by atoms with Gasteiger partial charge in [0.25, 0.3) is 0 Å². The first-order valence-corrected chi connectivity index (χ1v) is 13.0. The molecule has 1 aromatic carbocycles. The summed E-state index contributed by atoms with van der Waals surface area (Å²) in [5.41, 5.74) is -5.62. The molecule has 0 unspecified atom stereocenters. The molecular weight excluding hydrogens is 580 g/mol. The molecule has 1 aromatic rings. The second-order valence-electron chi connectivity index (χ2n) is 10.4. The first-order chi connectivity index (χ1) is 20.2. The van der Waals surface area contributed by atoms with E-state index in [1.54, 1.807) is 0 Å². The molecule has 16 nitrogen and oxygen atoms in total. The molecule has 12 N–H and O–H groups in total. The number of ketones is 2. The Morgan fingerprint density at radius 1 is 0.767 bits per heavy atom. The number of hydrogen-bond acceptors (Lipinski definition) is 16. The van der Waals surface area contributed by atoms with Crippen molar-refractivity contribution < 1.29 is 80.3 Å². The molecule has 0 aromatic heterocycles. The minimum Gasteiger partial charge on any atom is -0.508 e. The van der Waals surface area contributed by atoms with Crippen molar-refractivity contribution in [3.8, 4) is 5.75 Å². The van der Waals surface area contributed by atoms with E-state index in [0.717, 1.165) is 6.08 Å². The summed E-state index contributed by atoms with van der Waals surface area (Å²) in [5, 5.41) is 125. The second-order valence-corrected chi connectivity index (χ2v) is 10.4. The first-order valence-electron chi connectivity index (χ1n) is 13.0. The monoisotopic (exact) mass is 612 g/mol. The largest absolute Gasteiger partial charge is 0.508 e. The van der Waals surface area contributed by atoms with Gasteiger partial charge in [0.15, 0.2) is 0 Å². The fourth-order valence-electron chi connectivity index (χ4n) is 5.24. The lowest BCUT2D eigenvalue weighted by Crippen LogP contribution is -2.72. The maximum atomic E-state index is 13.9. The van der Waals surface area contributed by atoms with Crippen LogP contribution < -0.4 is 0 Å². The number of hydrogen-bond donors (Lipinski definition) is 12. The van der Waals surface area contributed by atoms with E-state index in [1.807, 2.05) is 0 Å². The van der Waals surface area contributed by atoms with Gasteiger partial charge in [-0.2, -0.15) is 0 Å². The van der Waals surface area contributed by atoms with Crippen molar-refractivity contribution in [1.29, 1.82) is 0 Å². The van der Waals surface area contributed by atoms with Gasteiger partial charge >= 0.3 is 0 Å². The molecule has 0 radical (unpaired) electrons. The minimum atomic E-state index is -3.63. The van der Waals surface area contributed by atoms with Gasteiger partial charge in [-0.05, 0) is 23.8 Å². The third kappa shape index (κ3) is 5.47. The first kappa shape index (κ1) is 32.6. The average molecular weight is 613 g/mol. The van der Waals surface area contributed by atoms with Gasteiger partial charge in [0.05, 0.1) is 18.8 Å². The van der Waals surface area contributed by atoms with E-state index in [0.29, 0.717) is 5.56 Å². The second kappa shape index (κ2) is 12.4. The molecule has 236 valence electrons. The van der Waals surface area contributed by atoms with Crippen LogP contribution >= 0.6 is 0 Å². The van der Waals surface area contributed by atoms with Gasteiger partial charge in [0.1, 0.15) is 83.9 Å². The highest BCUT2D eigenvalue weighted by Crippen LogP contribution is 2.42. The Kier molecular flexibility index (Phi) is 9.41. The van der Waals surface area contributed by atoms with E-state index < -0.39 is 114 Å². The molecule has 0 bridgehead atoms. The summed E-state index contributed by atoms with van der Waals surface area (Å²) in [6.07, 6.45) is -18.7. The van der Waals surface area contributed by atoms with Crippen molar-refractivity contribution in [2.75, 3.05) is 13.2 Å². The van der Waals surface area contributed by atoms with Gasteiger partial charge < -0.3 is 70.8 Å². The SMILES string of the molecule is O=C1C(=C(O)/C=C/c2ccc(O)cc2)C(O)=C([C@@H]2O[C@H](CO)[C@@H](O)[C@H](O)[C@@H]2O)C(=O)[C@@]1(O)[C@@H]1O[C@H](CO)[C@@H](O)[C@H](O)[C@@H]1O. The van der Waals surface area contributed by atoms with Crippen LogP contribution in [0.1, 0.15) is 5.56 Å². The molecule has 2 fully saturated rings. The predicted molar refractivity (Wildman–Crippen MR) is 139 cm³/mol. The lowest BCUT2D eigenvalue weighted by Gasteiger charge is -2.48. The lowest BCUT2D eigenvalue weighted by atomic mass is 9.69. The lowest BCUT2D eigenvalue weighted by molar-refractivity contribution is -0.261. The smallest absolute Gasteiger partial charge is 0.219 e. The quantitative estimate of drug-likeness (QED) is 0.0820. The Bertz CT molecular complexity index is 1320. The van der Waals surface area contributed by atoms with Crippen molar-refractivity contribution >= 4 is 17.6 Å². The maximum Gasteiger partial charge on any atom is 0.219 e. The number of carbonyl (C=O) groups is 2. The molecule has 3 aliphatic rings. The summed E-state index contributed by atoms with van der Waals surface area (Å²) in [4.78, 5) is 27.6. The highest BCUT2D eigenvalue weighted by atomic mass is 16.6. The Morgan fingerprint density at radius 3 is 1.86 bits per heavy atom. The van der Waals surface area contributed by atoms with Crippen LogP contribution in [0.2, 0.25) is 0 Å². The van der Waals surface area contributed by atoms with Gasteiger partial charge in [-0.25, -0.2) is 0 Å². The Morgan fingerprint density at radius 2 is 1.30 bits per heavy atom. The van der Waals surface area contributed by atoms with Crippen LogP contribution in [0.4, 0.5) is 0 Å². The standard InChI is InChI=1S/C27H32O16/c28-7-12-16(32)19(35)21(37)23(42-12)15-18(34)14(11(31)6-3-9-1-4-10(30)5-2-9)24(39)27(41,25(15)40)26-22(38)20(36)17(33)13(8-29)43-26/h1-6,12-13,16-17,19-23,26,28-38,41H,7-8H2/b6-3+,14-11?/t12-,13-,16-,17-,19+,20+,21+,22+,23+,26-,27-/m1/s1. The van der Waals surface area contributed by atoms with Gasteiger partial charge in [0, 0.05) is 0 Å². The van der Waals surface area contributed by atoms with Crippen molar-refractivity contribution in [2.24, 2.45) is 0 Å². The average Bonchev–Trinajstić information content (AvgIpc) is 2.98. The third-order valence-corrected chi connectivity index (χ3v) is 7.72. The summed E-state index contributed by atoms with van der Waals surface area (Å²) < 4.78 is 10.6. The van der Waals surface area contributed by atoms with Crippen molar-refractivity contribution in [3.05, 3.63) is 58.6 Å². The van der Waals surface area contributed by atoms with E-state index in [9.17, 15) is 70.9 Å². The molecule has 2 aliphatic heterocycles. The number of rotatable bonds is 6.